The summed E-state index contributed by atoms with van der Waals surface area (Å²) >= 11 is 11.9. The molecule has 6 nitrogen and oxygen atoms in total. The maximum absolute atomic E-state index is 12.0. The monoisotopic (exact) mass is 426 g/mol. The minimum absolute atomic E-state index is 0.160. The molecule has 0 saturated heterocycles. The third-order valence-corrected chi connectivity index (χ3v) is 4.80. The molecule has 29 heavy (non-hydrogen) atoms. The number of imidazole rings is 1. The van der Waals surface area contributed by atoms with Gasteiger partial charge in [-0.05, 0) is 35.9 Å². The third kappa shape index (κ3) is 4.50. The molecule has 1 amide bonds. The topological polar surface area (TPSA) is 69.0 Å². The third-order valence-electron chi connectivity index (χ3n) is 4.25. The molecule has 4 rings (SSSR count). The summed E-state index contributed by atoms with van der Waals surface area (Å²) in [6.07, 6.45) is 3.46. The molecular formula is C21H16Cl2N4O2. The number of carbonyl (C=O) groups excluding carboxylic acids is 1. The Morgan fingerprint density at radius 3 is 2.76 bits per heavy atom. The van der Waals surface area contributed by atoms with Crippen LogP contribution in [0.5, 0.6) is 5.75 Å². The Balaban J connectivity index is 1.34. The molecule has 0 saturated carbocycles. The summed E-state index contributed by atoms with van der Waals surface area (Å²) in [5.41, 5.74) is 2.76. The number of rotatable bonds is 6. The fraction of sp³-hybridized carbons (Fsp3) is 0.0952. The van der Waals surface area contributed by atoms with Crippen LogP contribution in [0.3, 0.4) is 0 Å². The van der Waals surface area contributed by atoms with E-state index in [0.717, 1.165) is 22.4 Å². The van der Waals surface area contributed by atoms with Gasteiger partial charge < -0.3 is 10.1 Å². The van der Waals surface area contributed by atoms with E-state index in [1.807, 2.05) is 41.0 Å². The summed E-state index contributed by atoms with van der Waals surface area (Å²) in [7, 11) is 0. The zero-order valence-electron chi connectivity index (χ0n) is 15.2. The van der Waals surface area contributed by atoms with Crippen LogP contribution in [-0.4, -0.2) is 27.0 Å². The molecule has 146 valence electrons. The summed E-state index contributed by atoms with van der Waals surface area (Å²) in [5, 5.41) is 3.67. The lowest BCUT2D eigenvalue weighted by molar-refractivity contribution is -0.123. The van der Waals surface area contributed by atoms with Crippen LogP contribution in [-0.2, 0) is 11.3 Å². The fourth-order valence-electron chi connectivity index (χ4n) is 2.79. The fourth-order valence-corrected chi connectivity index (χ4v) is 3.12. The number of aromatic nitrogens is 3. The number of nitrogens with one attached hydrogen (secondary N) is 1. The van der Waals surface area contributed by atoms with E-state index in [9.17, 15) is 4.79 Å². The van der Waals surface area contributed by atoms with E-state index < -0.39 is 0 Å². The maximum atomic E-state index is 12.0. The number of pyridine rings is 1. The summed E-state index contributed by atoms with van der Waals surface area (Å²) in [4.78, 5) is 20.9. The van der Waals surface area contributed by atoms with E-state index in [1.165, 1.54) is 0 Å². The Morgan fingerprint density at radius 1 is 1.07 bits per heavy atom. The number of halogens is 2. The van der Waals surface area contributed by atoms with Crippen LogP contribution in [0.4, 0.5) is 0 Å². The predicted molar refractivity (Wildman–Crippen MR) is 113 cm³/mol. The Kier molecular flexibility index (Phi) is 5.64. The van der Waals surface area contributed by atoms with Gasteiger partial charge in [-0.3, -0.25) is 9.36 Å². The van der Waals surface area contributed by atoms with Crippen molar-refractivity contribution in [1.82, 2.24) is 19.9 Å². The molecule has 0 radical (unpaired) electrons. The molecule has 2 heterocycles. The number of hydrogen-bond donors (Lipinski definition) is 1. The molecule has 0 spiro atoms. The van der Waals surface area contributed by atoms with Crippen LogP contribution in [0.15, 0.2) is 67.1 Å². The van der Waals surface area contributed by atoms with Gasteiger partial charge in [0, 0.05) is 23.8 Å². The van der Waals surface area contributed by atoms with Crippen molar-refractivity contribution in [2.75, 3.05) is 6.61 Å². The van der Waals surface area contributed by atoms with Gasteiger partial charge >= 0.3 is 0 Å². The van der Waals surface area contributed by atoms with E-state index in [0.29, 0.717) is 22.3 Å². The van der Waals surface area contributed by atoms with Gasteiger partial charge in [0.2, 0.25) is 0 Å². The Bertz CT molecular complexity index is 1160. The Morgan fingerprint density at radius 2 is 1.93 bits per heavy atom. The predicted octanol–water partition coefficient (Wildman–Crippen LogP) is 4.42. The molecule has 4 aromatic rings. The second kappa shape index (κ2) is 8.51. The molecule has 2 aromatic heterocycles. The zero-order valence-corrected chi connectivity index (χ0v) is 16.7. The average Bonchev–Trinajstić information content (AvgIpc) is 3.17. The second-order valence-corrected chi connectivity index (χ2v) is 7.11. The first kappa shape index (κ1) is 19.2. The van der Waals surface area contributed by atoms with Crippen LogP contribution in [0.25, 0.3) is 16.9 Å². The maximum Gasteiger partial charge on any atom is 0.258 e. The van der Waals surface area contributed by atoms with Crippen molar-refractivity contribution in [3.8, 4) is 11.6 Å². The molecular weight excluding hydrogens is 411 g/mol. The standard InChI is InChI=1S/C21H16Cl2N4O2/c22-15-6-7-16(23)19(9-15)29-12-21(28)25-11-14-5-8-20(24-10-14)27-13-26-17-3-1-2-4-18(17)27/h1-10,13H,11-12H2,(H,25,28). The molecule has 0 unspecified atom stereocenters. The normalized spacial score (nSPS) is 10.8. The van der Waals surface area contributed by atoms with Crippen molar-refractivity contribution in [3.05, 3.63) is 82.7 Å². The number of carbonyl (C=O) groups is 1. The van der Waals surface area contributed by atoms with Gasteiger partial charge in [0.05, 0.1) is 16.1 Å². The average molecular weight is 427 g/mol. The van der Waals surface area contributed by atoms with E-state index in [1.54, 1.807) is 30.7 Å². The van der Waals surface area contributed by atoms with E-state index in [2.05, 4.69) is 15.3 Å². The molecule has 0 bridgehead atoms. The lowest BCUT2D eigenvalue weighted by Crippen LogP contribution is -2.28. The van der Waals surface area contributed by atoms with Crippen LogP contribution < -0.4 is 10.1 Å². The molecule has 0 aliphatic rings. The first-order chi connectivity index (χ1) is 14.1. The van der Waals surface area contributed by atoms with Crippen LogP contribution in [0, 0.1) is 0 Å². The largest absolute Gasteiger partial charge is 0.482 e. The second-order valence-electron chi connectivity index (χ2n) is 6.27. The van der Waals surface area contributed by atoms with Gasteiger partial charge in [-0.15, -0.1) is 0 Å². The highest BCUT2D eigenvalue weighted by Crippen LogP contribution is 2.27. The van der Waals surface area contributed by atoms with Gasteiger partial charge in [-0.2, -0.15) is 0 Å². The SMILES string of the molecule is O=C(COc1cc(Cl)ccc1Cl)NCc1ccc(-n2cnc3ccccc32)nc1. The molecule has 2 aromatic carbocycles. The summed E-state index contributed by atoms with van der Waals surface area (Å²) < 4.78 is 7.34. The van der Waals surface area contributed by atoms with Crippen molar-refractivity contribution >= 4 is 40.1 Å². The smallest absolute Gasteiger partial charge is 0.258 e. The quantitative estimate of drug-likeness (QED) is 0.495. The van der Waals surface area contributed by atoms with E-state index in [4.69, 9.17) is 27.9 Å². The van der Waals surface area contributed by atoms with Gasteiger partial charge in [0.1, 0.15) is 17.9 Å². The number of fused-ring (bicyclic) bond motifs is 1. The molecule has 0 atom stereocenters. The molecule has 0 aliphatic carbocycles. The summed E-state index contributed by atoms with van der Waals surface area (Å²) in [6.45, 7) is 0.177. The highest BCUT2D eigenvalue weighted by atomic mass is 35.5. The minimum atomic E-state index is -0.272. The number of ether oxygens (including phenoxy) is 1. The highest BCUT2D eigenvalue weighted by molar-refractivity contribution is 6.34. The number of hydrogen-bond acceptors (Lipinski definition) is 4. The number of amides is 1. The first-order valence-electron chi connectivity index (χ1n) is 8.82. The van der Waals surface area contributed by atoms with Crippen molar-refractivity contribution in [3.63, 3.8) is 0 Å². The van der Waals surface area contributed by atoms with Crippen LogP contribution in [0.2, 0.25) is 10.0 Å². The van der Waals surface area contributed by atoms with Crippen molar-refractivity contribution < 1.29 is 9.53 Å². The van der Waals surface area contributed by atoms with Gasteiger partial charge in [-0.25, -0.2) is 9.97 Å². The first-order valence-corrected chi connectivity index (χ1v) is 9.58. The highest BCUT2D eigenvalue weighted by Gasteiger charge is 2.08. The molecule has 0 fully saturated rings. The summed E-state index contributed by atoms with van der Waals surface area (Å²) in [6, 6.07) is 16.5. The van der Waals surface area contributed by atoms with E-state index >= 15 is 0 Å². The van der Waals surface area contributed by atoms with Crippen molar-refractivity contribution in [2.24, 2.45) is 0 Å². The number of benzene rings is 2. The zero-order chi connectivity index (χ0) is 20.2. The van der Waals surface area contributed by atoms with E-state index in [-0.39, 0.29) is 12.5 Å². The Hall–Kier alpha value is -3.09. The van der Waals surface area contributed by atoms with Crippen molar-refractivity contribution in [2.45, 2.75) is 6.54 Å². The van der Waals surface area contributed by atoms with Crippen LogP contribution in [0.1, 0.15) is 5.56 Å². The number of nitrogens with zero attached hydrogens (tertiary/aromatic N) is 3. The lowest BCUT2D eigenvalue weighted by Gasteiger charge is -2.09. The summed E-state index contributed by atoms with van der Waals surface area (Å²) in [5.74, 6) is 0.853. The molecule has 1 N–H and O–H groups in total. The lowest BCUT2D eigenvalue weighted by atomic mass is 10.2. The Labute approximate surface area is 177 Å². The van der Waals surface area contributed by atoms with Crippen LogP contribution >= 0.6 is 23.2 Å². The minimum Gasteiger partial charge on any atom is -0.482 e. The molecule has 0 aliphatic heterocycles. The van der Waals surface area contributed by atoms with Gasteiger partial charge in [0.25, 0.3) is 5.91 Å². The molecule has 8 heteroatoms. The van der Waals surface area contributed by atoms with Gasteiger partial charge in [-0.1, -0.05) is 41.4 Å². The van der Waals surface area contributed by atoms with Gasteiger partial charge in [0.15, 0.2) is 6.61 Å². The van der Waals surface area contributed by atoms with Crippen molar-refractivity contribution in [1.29, 1.82) is 0 Å². The number of para-hydroxylation sites is 2.